The van der Waals surface area contributed by atoms with Gasteiger partial charge in [0.1, 0.15) is 18.1 Å². The number of hydrogen-bond donors (Lipinski definition) is 0. The smallest absolute Gasteiger partial charge is 0.270 e. The van der Waals surface area contributed by atoms with Crippen molar-refractivity contribution in [2.24, 2.45) is 0 Å². The molecule has 0 radical (unpaired) electrons. The van der Waals surface area contributed by atoms with E-state index in [1.54, 1.807) is 29.3 Å². The molecule has 0 bridgehead atoms. The van der Waals surface area contributed by atoms with Crippen LogP contribution in [0.2, 0.25) is 0 Å². The highest BCUT2D eigenvalue weighted by Gasteiger charge is 2.19. The van der Waals surface area contributed by atoms with E-state index in [9.17, 15) is 9.59 Å². The molecule has 5 heteroatoms. The van der Waals surface area contributed by atoms with E-state index in [4.69, 9.17) is 4.74 Å². The summed E-state index contributed by atoms with van der Waals surface area (Å²) in [6.07, 6.45) is 5.32. The Morgan fingerprint density at radius 3 is 2.34 bits per heavy atom. The monoisotopic (exact) mass is 430 g/mol. The highest BCUT2D eigenvalue weighted by molar-refractivity contribution is 6.18. The average molecular weight is 431 g/mol. The van der Waals surface area contributed by atoms with Crippen LogP contribution in [0.1, 0.15) is 37.8 Å². The summed E-state index contributed by atoms with van der Waals surface area (Å²) in [5, 5.41) is 0. The van der Waals surface area contributed by atoms with Crippen LogP contribution in [0.4, 0.5) is 0 Å². The van der Waals surface area contributed by atoms with E-state index < -0.39 is 0 Å². The first kappa shape index (κ1) is 23.1. The van der Waals surface area contributed by atoms with Gasteiger partial charge in [0.2, 0.25) is 0 Å². The first-order valence-corrected chi connectivity index (χ1v) is 11.1. The standard InChI is InChI=1S/C27H30N2O3/c1-3-5-18-28(4-2)27(31)25(29-19-10-9-13-26(29)30)20-22-14-16-24(17-15-22)32-21-23-11-7-6-8-12-23/h6-17,19-20H,3-5,18,21H2,1-2H3. The van der Waals surface area contributed by atoms with Gasteiger partial charge in [-0.25, -0.2) is 0 Å². The van der Waals surface area contributed by atoms with Crippen LogP contribution in [0, 0.1) is 0 Å². The van der Waals surface area contributed by atoms with Gasteiger partial charge < -0.3 is 9.64 Å². The molecule has 5 nitrogen and oxygen atoms in total. The van der Waals surface area contributed by atoms with Gasteiger partial charge in [-0.15, -0.1) is 0 Å². The number of unbranched alkanes of at least 4 members (excludes halogenated alkanes) is 1. The van der Waals surface area contributed by atoms with E-state index in [1.165, 1.54) is 10.6 Å². The number of likely N-dealkylation sites (N-methyl/N-ethyl adjacent to an activating group) is 1. The summed E-state index contributed by atoms with van der Waals surface area (Å²) in [6.45, 7) is 5.79. The lowest BCUT2D eigenvalue weighted by Crippen LogP contribution is -2.35. The van der Waals surface area contributed by atoms with Gasteiger partial charge in [-0.1, -0.05) is 61.9 Å². The Kier molecular flexibility index (Phi) is 8.44. The number of nitrogens with zero attached hydrogens (tertiary/aromatic N) is 2. The topological polar surface area (TPSA) is 51.5 Å². The number of hydrogen-bond acceptors (Lipinski definition) is 3. The molecule has 1 amide bonds. The lowest BCUT2D eigenvalue weighted by molar-refractivity contribution is -0.125. The third kappa shape index (κ3) is 6.20. The molecule has 0 saturated heterocycles. The van der Waals surface area contributed by atoms with Crippen LogP contribution in [0.3, 0.4) is 0 Å². The second-order valence-corrected chi connectivity index (χ2v) is 7.52. The SMILES string of the molecule is CCCCN(CC)C(=O)C(=Cc1ccc(OCc2ccccc2)cc1)n1ccccc1=O. The van der Waals surface area contributed by atoms with Crippen molar-refractivity contribution >= 4 is 17.7 Å². The van der Waals surface area contributed by atoms with Crippen molar-refractivity contribution in [2.75, 3.05) is 13.1 Å². The van der Waals surface area contributed by atoms with Gasteiger partial charge in [0.05, 0.1) is 0 Å². The Labute approximate surface area is 189 Å². The molecule has 1 heterocycles. The summed E-state index contributed by atoms with van der Waals surface area (Å²) in [7, 11) is 0. The van der Waals surface area contributed by atoms with E-state index in [-0.39, 0.29) is 11.5 Å². The highest BCUT2D eigenvalue weighted by atomic mass is 16.5. The fraction of sp³-hybridized carbons (Fsp3) is 0.259. The summed E-state index contributed by atoms with van der Waals surface area (Å²) < 4.78 is 7.27. The number of carbonyl (C=O) groups is 1. The molecule has 2 aromatic carbocycles. The first-order chi connectivity index (χ1) is 15.6. The van der Waals surface area contributed by atoms with Gasteiger partial charge >= 0.3 is 0 Å². The van der Waals surface area contributed by atoms with Crippen LogP contribution < -0.4 is 10.3 Å². The summed E-state index contributed by atoms with van der Waals surface area (Å²) in [4.78, 5) is 27.6. The Morgan fingerprint density at radius 2 is 1.69 bits per heavy atom. The molecule has 166 valence electrons. The third-order valence-electron chi connectivity index (χ3n) is 5.18. The van der Waals surface area contributed by atoms with E-state index in [0.29, 0.717) is 25.4 Å². The molecular weight excluding hydrogens is 400 g/mol. The number of aromatic nitrogens is 1. The number of pyridine rings is 1. The number of benzene rings is 2. The molecule has 0 aliphatic heterocycles. The summed E-state index contributed by atoms with van der Waals surface area (Å²) >= 11 is 0. The minimum absolute atomic E-state index is 0.154. The van der Waals surface area contributed by atoms with Gasteiger partial charge in [-0.05, 0) is 48.7 Å². The van der Waals surface area contributed by atoms with Crippen molar-refractivity contribution in [3.8, 4) is 5.75 Å². The number of amides is 1. The van der Waals surface area contributed by atoms with Crippen molar-refractivity contribution < 1.29 is 9.53 Å². The molecule has 32 heavy (non-hydrogen) atoms. The Balaban J connectivity index is 1.85. The lowest BCUT2D eigenvalue weighted by atomic mass is 10.1. The maximum Gasteiger partial charge on any atom is 0.270 e. The zero-order chi connectivity index (χ0) is 22.8. The van der Waals surface area contributed by atoms with Crippen LogP contribution in [0.5, 0.6) is 5.75 Å². The van der Waals surface area contributed by atoms with Gasteiger partial charge in [0.25, 0.3) is 11.5 Å². The normalized spacial score (nSPS) is 11.2. The third-order valence-corrected chi connectivity index (χ3v) is 5.18. The quantitative estimate of drug-likeness (QED) is 0.422. The zero-order valence-electron chi connectivity index (χ0n) is 18.7. The van der Waals surface area contributed by atoms with E-state index in [2.05, 4.69) is 6.92 Å². The van der Waals surface area contributed by atoms with Crippen molar-refractivity contribution in [2.45, 2.75) is 33.3 Å². The van der Waals surface area contributed by atoms with E-state index in [0.717, 1.165) is 29.7 Å². The Morgan fingerprint density at radius 1 is 0.969 bits per heavy atom. The van der Waals surface area contributed by atoms with Crippen molar-refractivity contribution in [3.05, 3.63) is 100 Å². The average Bonchev–Trinajstić information content (AvgIpc) is 2.83. The lowest BCUT2D eigenvalue weighted by Gasteiger charge is -2.23. The second kappa shape index (κ2) is 11.7. The van der Waals surface area contributed by atoms with Gasteiger partial charge in [0.15, 0.2) is 0 Å². The van der Waals surface area contributed by atoms with Crippen LogP contribution in [-0.4, -0.2) is 28.5 Å². The predicted octanol–water partition coefficient (Wildman–Crippen LogP) is 5.07. The zero-order valence-corrected chi connectivity index (χ0v) is 18.7. The highest BCUT2D eigenvalue weighted by Crippen LogP contribution is 2.18. The van der Waals surface area contributed by atoms with Gasteiger partial charge in [-0.3, -0.25) is 14.2 Å². The van der Waals surface area contributed by atoms with Crippen LogP contribution in [0.25, 0.3) is 11.8 Å². The largest absolute Gasteiger partial charge is 0.489 e. The minimum atomic E-state index is -0.235. The summed E-state index contributed by atoms with van der Waals surface area (Å²) in [6, 6.07) is 22.4. The molecule has 0 aliphatic rings. The molecule has 0 atom stereocenters. The number of ether oxygens (including phenoxy) is 1. The molecule has 3 rings (SSSR count). The fourth-order valence-electron chi connectivity index (χ4n) is 3.33. The molecule has 1 aromatic heterocycles. The van der Waals surface area contributed by atoms with Crippen molar-refractivity contribution in [1.29, 1.82) is 0 Å². The molecule has 3 aromatic rings. The molecule has 0 aliphatic carbocycles. The van der Waals surface area contributed by atoms with Gasteiger partial charge in [-0.2, -0.15) is 0 Å². The number of rotatable bonds is 10. The molecular formula is C27H30N2O3. The van der Waals surface area contributed by atoms with Crippen LogP contribution >= 0.6 is 0 Å². The van der Waals surface area contributed by atoms with Crippen molar-refractivity contribution in [3.63, 3.8) is 0 Å². The molecule has 0 N–H and O–H groups in total. The maximum atomic E-state index is 13.3. The van der Waals surface area contributed by atoms with Crippen LogP contribution in [0.15, 0.2) is 83.8 Å². The second-order valence-electron chi connectivity index (χ2n) is 7.52. The summed E-state index contributed by atoms with van der Waals surface area (Å²) in [5.41, 5.74) is 2.02. The van der Waals surface area contributed by atoms with Crippen LogP contribution in [-0.2, 0) is 11.4 Å². The Bertz CT molecular complexity index is 1090. The molecule has 0 spiro atoms. The van der Waals surface area contributed by atoms with Gasteiger partial charge in [0, 0.05) is 25.4 Å². The molecule has 0 unspecified atom stereocenters. The van der Waals surface area contributed by atoms with E-state index in [1.807, 2.05) is 61.5 Å². The van der Waals surface area contributed by atoms with E-state index >= 15 is 0 Å². The van der Waals surface area contributed by atoms with Crippen molar-refractivity contribution in [1.82, 2.24) is 9.47 Å². The molecule has 0 saturated carbocycles. The fourth-order valence-corrected chi connectivity index (χ4v) is 3.33. The minimum Gasteiger partial charge on any atom is -0.489 e. The Hall–Kier alpha value is -3.60. The first-order valence-electron chi connectivity index (χ1n) is 11.1. The predicted molar refractivity (Wildman–Crippen MR) is 129 cm³/mol. The maximum absolute atomic E-state index is 13.3. The summed E-state index contributed by atoms with van der Waals surface area (Å²) in [5.74, 6) is 0.590. The molecule has 0 fully saturated rings. The number of carbonyl (C=O) groups excluding carboxylic acids is 1.